The van der Waals surface area contributed by atoms with Gasteiger partial charge in [0.05, 0.1) is 10.9 Å². The highest BCUT2D eigenvalue weighted by Gasteiger charge is 2.58. The summed E-state index contributed by atoms with van der Waals surface area (Å²) in [7, 11) is 0. The summed E-state index contributed by atoms with van der Waals surface area (Å²) in [5.41, 5.74) is -0.542. The zero-order valence-electron chi connectivity index (χ0n) is 18.8. The summed E-state index contributed by atoms with van der Waals surface area (Å²) in [6.07, 6.45) is 5.14. The summed E-state index contributed by atoms with van der Waals surface area (Å²) in [6, 6.07) is 4.80. The summed E-state index contributed by atoms with van der Waals surface area (Å²) in [5, 5.41) is 0.856. The van der Waals surface area contributed by atoms with Crippen LogP contribution in [0, 0.1) is 11.6 Å². The van der Waals surface area contributed by atoms with E-state index in [1.807, 2.05) is 19.1 Å². The maximum absolute atomic E-state index is 13.8. The molecule has 0 N–H and O–H groups in total. The van der Waals surface area contributed by atoms with Crippen LogP contribution < -0.4 is 9.75 Å². The Morgan fingerprint density at radius 3 is 2.56 bits per heavy atom. The number of rotatable bonds is 3. The molecule has 6 nitrogen and oxygen atoms in total. The first-order chi connectivity index (χ1) is 16.3. The van der Waals surface area contributed by atoms with E-state index in [0.717, 1.165) is 15.8 Å². The fourth-order valence-corrected chi connectivity index (χ4v) is 6.30. The van der Waals surface area contributed by atoms with Gasteiger partial charge in [-0.3, -0.25) is 14.6 Å². The van der Waals surface area contributed by atoms with Crippen molar-refractivity contribution in [2.75, 3.05) is 13.1 Å². The van der Waals surface area contributed by atoms with Crippen LogP contribution in [0.2, 0.25) is 0 Å². The zero-order chi connectivity index (χ0) is 24.0. The van der Waals surface area contributed by atoms with Crippen molar-refractivity contribution in [2.45, 2.75) is 50.5 Å². The van der Waals surface area contributed by atoms with Crippen molar-refractivity contribution in [2.24, 2.45) is 4.99 Å². The molecule has 3 fully saturated rings. The van der Waals surface area contributed by atoms with Gasteiger partial charge >= 0.3 is 0 Å². The number of amides is 2. The Morgan fingerprint density at radius 2 is 1.91 bits per heavy atom. The number of carbonyl (C=O) groups is 2. The number of likely N-dealkylation sites (tertiary alicyclic amines) is 1. The quantitative estimate of drug-likeness (QED) is 0.628. The average molecular weight is 486 g/mol. The molecule has 2 atom stereocenters. The van der Waals surface area contributed by atoms with Gasteiger partial charge < -0.3 is 14.5 Å². The number of halogens is 2. The molecule has 3 aliphatic heterocycles. The molecule has 1 aromatic carbocycles. The van der Waals surface area contributed by atoms with Gasteiger partial charge in [0.1, 0.15) is 17.9 Å². The number of carbonyl (C=O) groups excluding carboxylic acids is 2. The van der Waals surface area contributed by atoms with Gasteiger partial charge in [-0.15, -0.1) is 11.3 Å². The van der Waals surface area contributed by atoms with E-state index in [-0.39, 0.29) is 11.8 Å². The van der Waals surface area contributed by atoms with Gasteiger partial charge in [-0.2, -0.15) is 0 Å². The number of piperidine rings is 1. The summed E-state index contributed by atoms with van der Waals surface area (Å²) in [4.78, 5) is 34.5. The predicted molar refractivity (Wildman–Crippen MR) is 126 cm³/mol. The Kier molecular flexibility index (Phi) is 5.85. The minimum absolute atomic E-state index is 0.0780. The Hall–Kier alpha value is -2.91. The van der Waals surface area contributed by atoms with E-state index in [4.69, 9.17) is 4.74 Å². The lowest BCUT2D eigenvalue weighted by Gasteiger charge is -2.37. The summed E-state index contributed by atoms with van der Waals surface area (Å²) >= 11 is 1.41. The second-order valence-electron chi connectivity index (χ2n) is 8.90. The van der Waals surface area contributed by atoms with E-state index in [2.05, 4.69) is 11.7 Å². The Labute approximate surface area is 199 Å². The maximum Gasteiger partial charge on any atom is 0.263 e. The van der Waals surface area contributed by atoms with Crippen LogP contribution in [0.1, 0.15) is 53.9 Å². The van der Waals surface area contributed by atoms with Crippen LogP contribution in [-0.2, 0) is 9.53 Å². The molecule has 1 aromatic heterocycles. The first-order valence-corrected chi connectivity index (χ1v) is 12.1. The number of aliphatic imine (C=N–C) groups is 1. The minimum atomic E-state index is -0.991. The molecule has 0 aliphatic carbocycles. The number of hydrogen-bond acceptors (Lipinski definition) is 5. The number of hydrogen-bond donors (Lipinski definition) is 0. The Bertz CT molecular complexity index is 1260. The van der Waals surface area contributed by atoms with E-state index in [1.54, 1.807) is 16.0 Å². The smallest absolute Gasteiger partial charge is 0.263 e. The van der Waals surface area contributed by atoms with Crippen molar-refractivity contribution >= 4 is 42.1 Å². The highest BCUT2D eigenvalue weighted by Crippen LogP contribution is 2.47. The number of benzene rings is 1. The highest BCUT2D eigenvalue weighted by molar-refractivity contribution is 7.11. The Balaban J connectivity index is 1.32. The van der Waals surface area contributed by atoms with Crippen LogP contribution in [-0.4, -0.2) is 53.3 Å². The minimum Gasteiger partial charge on any atom is -0.342 e. The van der Waals surface area contributed by atoms with Gasteiger partial charge in [0.15, 0.2) is 5.60 Å². The molecule has 178 valence electrons. The van der Waals surface area contributed by atoms with Crippen LogP contribution >= 0.6 is 11.3 Å². The molecular weight excluding hydrogens is 460 g/mol. The molecule has 0 saturated carbocycles. The molecule has 34 heavy (non-hydrogen) atoms. The molecule has 5 rings (SSSR count). The number of fused-ring (bicyclic) bond motifs is 1. The molecule has 0 unspecified atom stereocenters. The molecule has 2 amide bonds. The van der Waals surface area contributed by atoms with Gasteiger partial charge in [-0.25, -0.2) is 8.78 Å². The van der Waals surface area contributed by atoms with Crippen molar-refractivity contribution in [1.82, 2.24) is 9.80 Å². The van der Waals surface area contributed by atoms with Gasteiger partial charge in [0.25, 0.3) is 11.8 Å². The molecule has 1 spiro atoms. The normalized spacial score (nSPS) is 24.9. The largest absolute Gasteiger partial charge is 0.342 e. The fraction of sp³-hybridized carbons (Fsp3) is 0.400. The summed E-state index contributed by atoms with van der Waals surface area (Å²) in [5.74, 6) is -1.54. The third-order valence-corrected chi connectivity index (χ3v) is 8.15. The van der Waals surface area contributed by atoms with E-state index >= 15 is 0 Å². The third-order valence-electron chi connectivity index (χ3n) is 6.94. The number of thiophene rings is 1. The first kappa shape index (κ1) is 22.9. The number of ether oxygens (including phenoxy) is 1. The van der Waals surface area contributed by atoms with Crippen molar-refractivity contribution in [3.63, 3.8) is 0 Å². The SMILES string of the molecule is C=N/C=c1/cc(C(=O)N2CCC3(CC2)O[C@@H]2CC[C@@H](c4cc(F)cc(F)c4)N2C3=O)s/c1=C/C. The van der Waals surface area contributed by atoms with E-state index in [1.165, 1.54) is 23.5 Å². The summed E-state index contributed by atoms with van der Waals surface area (Å²) in [6.45, 7) is 6.18. The standard InChI is InChI=1S/C25H25F2N3O3S/c1-3-20-16(14-28-2)12-21(34-20)23(31)29-8-6-25(7-9-29)24(32)30-19(4-5-22(30)33-25)15-10-17(26)13-18(27)11-15/h3,10-14,19,22H,2,4-9H2,1H3/b16-14-,20-3+/t19-,22+/m0/s1. The first-order valence-electron chi connectivity index (χ1n) is 11.3. The molecule has 0 bridgehead atoms. The highest BCUT2D eigenvalue weighted by atomic mass is 32.1. The van der Waals surface area contributed by atoms with Crippen LogP contribution in [0.4, 0.5) is 8.78 Å². The zero-order valence-corrected chi connectivity index (χ0v) is 19.6. The lowest BCUT2D eigenvalue weighted by Crippen LogP contribution is -2.51. The van der Waals surface area contributed by atoms with Gasteiger partial charge in [0.2, 0.25) is 0 Å². The van der Waals surface area contributed by atoms with Crippen LogP contribution in [0.3, 0.4) is 0 Å². The van der Waals surface area contributed by atoms with Gasteiger partial charge in [0, 0.05) is 47.9 Å². The van der Waals surface area contributed by atoms with Crippen LogP contribution in [0.25, 0.3) is 12.3 Å². The van der Waals surface area contributed by atoms with Gasteiger partial charge in [-0.05, 0) is 50.2 Å². The Morgan fingerprint density at radius 1 is 1.21 bits per heavy atom. The molecule has 9 heteroatoms. The molecule has 3 saturated heterocycles. The fourth-order valence-electron chi connectivity index (χ4n) is 5.32. The number of nitrogens with zero attached hydrogens (tertiary/aromatic N) is 3. The predicted octanol–water partition coefficient (Wildman–Crippen LogP) is 2.96. The van der Waals surface area contributed by atoms with Gasteiger partial charge in [-0.1, -0.05) is 6.08 Å². The van der Waals surface area contributed by atoms with E-state index in [9.17, 15) is 18.4 Å². The molecule has 3 aliphatic rings. The molecule has 2 aromatic rings. The topological polar surface area (TPSA) is 62.2 Å². The van der Waals surface area contributed by atoms with Crippen molar-refractivity contribution in [3.05, 3.63) is 56.1 Å². The summed E-state index contributed by atoms with van der Waals surface area (Å²) < 4.78 is 34.8. The monoisotopic (exact) mass is 485 g/mol. The van der Waals surface area contributed by atoms with Crippen molar-refractivity contribution < 1.29 is 23.1 Å². The maximum atomic E-state index is 13.8. The second kappa shape index (κ2) is 8.70. The third kappa shape index (κ3) is 3.76. The van der Waals surface area contributed by atoms with Crippen molar-refractivity contribution in [1.29, 1.82) is 0 Å². The van der Waals surface area contributed by atoms with Crippen LogP contribution in [0.15, 0.2) is 29.3 Å². The molecule has 4 heterocycles. The van der Waals surface area contributed by atoms with E-state index in [0.29, 0.717) is 49.2 Å². The average Bonchev–Trinajstić information content (AvgIpc) is 3.48. The molecular formula is C25H25F2N3O3S. The second-order valence-corrected chi connectivity index (χ2v) is 9.98. The lowest BCUT2D eigenvalue weighted by atomic mass is 9.89. The van der Waals surface area contributed by atoms with Crippen LogP contribution in [0.5, 0.6) is 0 Å². The van der Waals surface area contributed by atoms with Crippen molar-refractivity contribution in [3.8, 4) is 0 Å². The molecule has 0 radical (unpaired) electrons. The lowest BCUT2D eigenvalue weighted by molar-refractivity contribution is -0.142. The van der Waals surface area contributed by atoms with E-state index < -0.39 is 29.5 Å².